The molecule has 0 amide bonds. The Labute approximate surface area is 107 Å². The molecule has 1 aromatic heterocycles. The molecule has 1 heterocycles. The highest BCUT2D eigenvalue weighted by molar-refractivity contribution is 9.10. The lowest BCUT2D eigenvalue weighted by Crippen LogP contribution is -2.01. The topological polar surface area (TPSA) is 33.4 Å². The van der Waals surface area contributed by atoms with Gasteiger partial charge in [0, 0.05) is 16.5 Å². The summed E-state index contributed by atoms with van der Waals surface area (Å²) >= 11 is 3.28. The van der Waals surface area contributed by atoms with E-state index in [9.17, 15) is 9.50 Å². The zero-order valence-corrected chi connectivity index (χ0v) is 10.9. The molecule has 0 aliphatic heterocycles. The number of aliphatic hydroxyl groups is 1. The number of halogens is 2. The first-order valence-corrected chi connectivity index (χ1v) is 6.02. The van der Waals surface area contributed by atoms with Crippen LogP contribution in [0.2, 0.25) is 0 Å². The summed E-state index contributed by atoms with van der Waals surface area (Å²) in [5.74, 6) is 0.464. The summed E-state index contributed by atoms with van der Waals surface area (Å²) < 4.78 is 18.7. The van der Waals surface area contributed by atoms with Crippen LogP contribution in [0.5, 0.6) is 0 Å². The Kier molecular flexibility index (Phi) is 3.64. The molecular formula is C13H12BrFO2. The molecule has 0 spiro atoms. The Hall–Kier alpha value is -1.13. The molecule has 0 saturated carbocycles. The van der Waals surface area contributed by atoms with E-state index in [1.807, 2.05) is 6.92 Å². The van der Waals surface area contributed by atoms with Gasteiger partial charge in [-0.25, -0.2) is 4.39 Å². The molecule has 0 bridgehead atoms. The highest BCUT2D eigenvalue weighted by Gasteiger charge is 2.13. The minimum absolute atomic E-state index is 0.297. The van der Waals surface area contributed by atoms with E-state index in [1.165, 1.54) is 18.4 Å². The maximum atomic E-state index is 12.9. The van der Waals surface area contributed by atoms with Gasteiger partial charge in [-0.15, -0.1) is 0 Å². The van der Waals surface area contributed by atoms with E-state index in [2.05, 4.69) is 15.9 Å². The van der Waals surface area contributed by atoms with Gasteiger partial charge < -0.3 is 9.52 Å². The van der Waals surface area contributed by atoms with Crippen molar-refractivity contribution in [1.29, 1.82) is 0 Å². The molecule has 1 unspecified atom stereocenters. The maximum absolute atomic E-state index is 12.9. The third-order valence-electron chi connectivity index (χ3n) is 2.56. The number of hydrogen-bond acceptors (Lipinski definition) is 2. The summed E-state index contributed by atoms with van der Waals surface area (Å²) in [6, 6.07) is 6.23. The first-order chi connectivity index (χ1) is 8.06. The van der Waals surface area contributed by atoms with Gasteiger partial charge in [-0.3, -0.25) is 0 Å². The number of hydrogen-bond donors (Lipinski definition) is 1. The van der Waals surface area contributed by atoms with Crippen molar-refractivity contribution in [3.63, 3.8) is 0 Å². The van der Waals surface area contributed by atoms with Crippen LogP contribution in [-0.4, -0.2) is 5.11 Å². The van der Waals surface area contributed by atoms with Crippen LogP contribution in [-0.2, 0) is 6.42 Å². The second-order valence-corrected chi connectivity index (χ2v) is 4.80. The monoisotopic (exact) mass is 298 g/mol. The lowest BCUT2D eigenvalue weighted by Gasteiger charge is -2.09. The van der Waals surface area contributed by atoms with E-state index < -0.39 is 6.10 Å². The van der Waals surface area contributed by atoms with Crippen LogP contribution in [0, 0.1) is 12.7 Å². The van der Waals surface area contributed by atoms with Crippen LogP contribution < -0.4 is 0 Å². The average Bonchev–Trinajstić information content (AvgIpc) is 2.69. The molecule has 2 rings (SSSR count). The molecule has 1 atom stereocenters. The molecule has 0 aliphatic carbocycles. The first kappa shape index (κ1) is 12.3. The second kappa shape index (κ2) is 5.02. The summed E-state index contributed by atoms with van der Waals surface area (Å²) in [6.45, 7) is 1.82. The van der Waals surface area contributed by atoms with Crippen LogP contribution in [0.1, 0.15) is 23.0 Å². The molecule has 0 saturated heterocycles. The number of aliphatic hydroxyl groups excluding tert-OH is 1. The lowest BCUT2D eigenvalue weighted by molar-refractivity contribution is 0.177. The number of benzene rings is 1. The molecule has 90 valence electrons. The summed E-state index contributed by atoms with van der Waals surface area (Å²) in [5, 5.41) is 10.0. The van der Waals surface area contributed by atoms with Crippen molar-refractivity contribution in [2.75, 3.05) is 0 Å². The third kappa shape index (κ3) is 2.96. The van der Waals surface area contributed by atoms with Crippen molar-refractivity contribution < 1.29 is 13.9 Å². The molecule has 17 heavy (non-hydrogen) atoms. The van der Waals surface area contributed by atoms with Crippen molar-refractivity contribution in [1.82, 2.24) is 0 Å². The normalized spacial score (nSPS) is 12.7. The number of furan rings is 1. The van der Waals surface area contributed by atoms with Gasteiger partial charge in [-0.1, -0.05) is 22.0 Å². The first-order valence-electron chi connectivity index (χ1n) is 5.23. The van der Waals surface area contributed by atoms with Gasteiger partial charge in [-0.05, 0) is 30.7 Å². The van der Waals surface area contributed by atoms with Crippen molar-refractivity contribution in [2.24, 2.45) is 0 Å². The van der Waals surface area contributed by atoms with Crippen molar-refractivity contribution in [3.05, 3.63) is 57.7 Å². The van der Waals surface area contributed by atoms with Crippen molar-refractivity contribution in [2.45, 2.75) is 19.4 Å². The Balaban J connectivity index is 2.15. The van der Waals surface area contributed by atoms with Crippen LogP contribution in [0.15, 0.2) is 39.4 Å². The van der Waals surface area contributed by atoms with Gasteiger partial charge in [0.2, 0.25) is 0 Å². The zero-order valence-electron chi connectivity index (χ0n) is 9.28. The maximum Gasteiger partial charge on any atom is 0.124 e. The van der Waals surface area contributed by atoms with Crippen LogP contribution >= 0.6 is 15.9 Å². The summed E-state index contributed by atoms with van der Waals surface area (Å²) in [4.78, 5) is 0. The van der Waals surface area contributed by atoms with E-state index in [4.69, 9.17) is 4.42 Å². The number of aryl methyl sites for hydroxylation is 1. The molecule has 0 fully saturated rings. The van der Waals surface area contributed by atoms with Gasteiger partial charge >= 0.3 is 0 Å². The third-order valence-corrected chi connectivity index (χ3v) is 3.30. The zero-order chi connectivity index (χ0) is 12.4. The summed E-state index contributed by atoms with van der Waals surface area (Å²) in [5.41, 5.74) is 1.59. The Morgan fingerprint density at radius 2 is 2.18 bits per heavy atom. The van der Waals surface area contributed by atoms with Gasteiger partial charge in [0.15, 0.2) is 0 Å². The second-order valence-electron chi connectivity index (χ2n) is 3.95. The fraction of sp³-hybridized carbons (Fsp3) is 0.231. The van der Waals surface area contributed by atoms with E-state index in [0.29, 0.717) is 10.9 Å². The van der Waals surface area contributed by atoms with E-state index in [-0.39, 0.29) is 5.82 Å². The molecule has 1 aromatic carbocycles. The smallest absolute Gasteiger partial charge is 0.124 e. The Morgan fingerprint density at radius 3 is 2.76 bits per heavy atom. The summed E-state index contributed by atoms with van der Waals surface area (Å²) in [6.07, 6.45) is 1.31. The molecule has 1 N–H and O–H groups in total. The predicted octanol–water partition coefficient (Wildman–Crippen LogP) is 3.77. The molecule has 4 heteroatoms. The molecule has 0 aliphatic rings. The fourth-order valence-electron chi connectivity index (χ4n) is 1.65. The minimum atomic E-state index is -0.644. The highest BCUT2D eigenvalue weighted by Crippen LogP contribution is 2.25. The fourth-order valence-corrected chi connectivity index (χ4v) is 2.16. The van der Waals surface area contributed by atoms with E-state index in [1.54, 1.807) is 12.1 Å². The minimum Gasteiger partial charge on any atom is -0.469 e. The van der Waals surface area contributed by atoms with Crippen molar-refractivity contribution >= 4 is 15.9 Å². The van der Waals surface area contributed by atoms with Gasteiger partial charge in [0.05, 0.1) is 12.4 Å². The van der Waals surface area contributed by atoms with Gasteiger partial charge in [-0.2, -0.15) is 0 Å². The lowest BCUT2D eigenvalue weighted by atomic mass is 10.0. The SMILES string of the molecule is Cc1cc(C(O)Cc2ccc(F)cc2Br)co1. The number of rotatable bonds is 3. The average molecular weight is 299 g/mol. The quantitative estimate of drug-likeness (QED) is 0.936. The van der Waals surface area contributed by atoms with Crippen LogP contribution in [0.4, 0.5) is 4.39 Å². The van der Waals surface area contributed by atoms with Crippen LogP contribution in [0.3, 0.4) is 0 Å². The van der Waals surface area contributed by atoms with Crippen molar-refractivity contribution in [3.8, 4) is 0 Å². The van der Waals surface area contributed by atoms with E-state index >= 15 is 0 Å². The van der Waals surface area contributed by atoms with Gasteiger partial charge in [0.1, 0.15) is 11.6 Å². The Bertz CT molecular complexity index is 522. The van der Waals surface area contributed by atoms with Crippen LogP contribution in [0.25, 0.3) is 0 Å². The molecular weight excluding hydrogens is 287 g/mol. The molecule has 2 nitrogen and oxygen atoms in total. The standard InChI is InChI=1S/C13H12BrFO2/c1-8-4-10(7-17-8)13(16)5-9-2-3-11(15)6-12(9)14/h2-4,6-7,13,16H,5H2,1H3. The Morgan fingerprint density at radius 1 is 1.41 bits per heavy atom. The summed E-state index contributed by atoms with van der Waals surface area (Å²) in [7, 11) is 0. The van der Waals surface area contributed by atoms with E-state index in [0.717, 1.165) is 16.9 Å². The highest BCUT2D eigenvalue weighted by atomic mass is 79.9. The van der Waals surface area contributed by atoms with Gasteiger partial charge in [0.25, 0.3) is 0 Å². The predicted molar refractivity (Wildman–Crippen MR) is 66.2 cm³/mol. The molecule has 2 aromatic rings. The largest absolute Gasteiger partial charge is 0.469 e. The molecule has 0 radical (unpaired) electrons.